The number of benzene rings is 2. The first-order chi connectivity index (χ1) is 14.0. The zero-order valence-corrected chi connectivity index (χ0v) is 16.2. The van der Waals surface area contributed by atoms with Crippen molar-refractivity contribution in [3.8, 4) is 11.1 Å². The Labute approximate surface area is 166 Å². The van der Waals surface area contributed by atoms with Crippen molar-refractivity contribution in [2.75, 3.05) is 6.61 Å². The Bertz CT molecular complexity index is 1350. The van der Waals surface area contributed by atoms with E-state index in [1.807, 2.05) is 42.5 Å². The number of aryl methyl sites for hydroxylation is 1. The number of fused-ring (bicyclic) bond motifs is 3. The first-order valence-electron chi connectivity index (χ1n) is 9.48. The Hall–Kier alpha value is -3.67. The van der Waals surface area contributed by atoms with Crippen molar-refractivity contribution in [1.82, 2.24) is 4.98 Å². The predicted octanol–water partition coefficient (Wildman–Crippen LogP) is 4.16. The summed E-state index contributed by atoms with van der Waals surface area (Å²) < 4.78 is 10.9. The maximum absolute atomic E-state index is 13.0. The Kier molecular flexibility index (Phi) is 4.76. The number of hydrogen-bond donors (Lipinski definition) is 2. The average Bonchev–Trinajstić information content (AvgIpc) is 2.73. The molecule has 0 aliphatic rings. The highest BCUT2D eigenvalue weighted by molar-refractivity contribution is 6.11. The fourth-order valence-corrected chi connectivity index (χ4v) is 3.53. The van der Waals surface area contributed by atoms with Crippen LogP contribution in [0.5, 0.6) is 0 Å². The molecule has 0 atom stereocenters. The molecule has 0 unspecified atom stereocenters. The van der Waals surface area contributed by atoms with Crippen molar-refractivity contribution >= 4 is 27.8 Å². The van der Waals surface area contributed by atoms with Gasteiger partial charge in [0.1, 0.15) is 5.56 Å². The quantitative estimate of drug-likeness (QED) is 0.405. The number of H-pyrrole nitrogens is 1. The van der Waals surface area contributed by atoms with Crippen LogP contribution in [-0.2, 0) is 11.2 Å². The molecule has 4 rings (SSSR count). The van der Waals surface area contributed by atoms with E-state index in [0.29, 0.717) is 22.0 Å². The van der Waals surface area contributed by atoms with Crippen molar-refractivity contribution < 1.29 is 13.9 Å². The van der Waals surface area contributed by atoms with E-state index in [1.54, 1.807) is 13.0 Å². The minimum Gasteiger partial charge on any atom is -0.462 e. The van der Waals surface area contributed by atoms with Gasteiger partial charge in [-0.25, -0.2) is 4.79 Å². The highest BCUT2D eigenvalue weighted by Gasteiger charge is 2.24. The number of aromatic amines is 1. The number of pyridine rings is 1. The second kappa shape index (κ2) is 7.39. The van der Waals surface area contributed by atoms with E-state index in [1.165, 1.54) is 0 Å². The maximum atomic E-state index is 13.0. The molecule has 29 heavy (non-hydrogen) atoms. The van der Waals surface area contributed by atoms with Gasteiger partial charge in [-0.15, -0.1) is 0 Å². The van der Waals surface area contributed by atoms with Gasteiger partial charge in [-0.05, 0) is 36.6 Å². The Morgan fingerprint density at radius 1 is 1.10 bits per heavy atom. The van der Waals surface area contributed by atoms with Gasteiger partial charge in [0.15, 0.2) is 5.58 Å². The largest absolute Gasteiger partial charge is 0.462 e. The molecule has 0 fully saturated rings. The Morgan fingerprint density at radius 2 is 1.83 bits per heavy atom. The van der Waals surface area contributed by atoms with Crippen molar-refractivity contribution in [3.63, 3.8) is 0 Å². The number of para-hydroxylation sites is 1. The third-order valence-corrected chi connectivity index (χ3v) is 4.94. The summed E-state index contributed by atoms with van der Waals surface area (Å²) in [6, 6.07) is 14.8. The summed E-state index contributed by atoms with van der Waals surface area (Å²) in [7, 11) is 0. The van der Waals surface area contributed by atoms with Crippen LogP contribution in [0.4, 0.5) is 0 Å². The fourth-order valence-electron chi connectivity index (χ4n) is 3.53. The summed E-state index contributed by atoms with van der Waals surface area (Å²) in [6.07, 6.45) is 0.866. The molecule has 4 aromatic rings. The summed E-state index contributed by atoms with van der Waals surface area (Å²) in [6.45, 7) is 3.89. The van der Waals surface area contributed by atoms with Crippen LogP contribution in [0.2, 0.25) is 0 Å². The van der Waals surface area contributed by atoms with Crippen LogP contribution in [0.25, 0.3) is 33.0 Å². The molecule has 2 aromatic carbocycles. The van der Waals surface area contributed by atoms with Gasteiger partial charge in [-0.3, -0.25) is 10.2 Å². The fraction of sp³-hybridized carbons (Fsp3) is 0.174. The molecule has 0 saturated carbocycles. The topological polar surface area (TPSA) is 96.2 Å². The molecule has 6 nitrogen and oxygen atoms in total. The zero-order chi connectivity index (χ0) is 20.5. The van der Waals surface area contributed by atoms with Crippen LogP contribution < -0.4 is 11.1 Å². The van der Waals surface area contributed by atoms with Crippen molar-refractivity contribution in [3.05, 3.63) is 75.6 Å². The van der Waals surface area contributed by atoms with Gasteiger partial charge >= 0.3 is 5.97 Å². The third-order valence-electron chi connectivity index (χ3n) is 4.94. The third kappa shape index (κ3) is 3.12. The number of hydrogen-bond acceptors (Lipinski definition) is 5. The lowest BCUT2D eigenvalue weighted by atomic mass is 9.95. The number of esters is 1. The van der Waals surface area contributed by atoms with E-state index >= 15 is 0 Å². The first kappa shape index (κ1) is 18.7. The second-order valence-corrected chi connectivity index (χ2v) is 6.66. The molecule has 0 saturated heterocycles. The Morgan fingerprint density at radius 3 is 2.52 bits per heavy atom. The number of carbonyl (C=O) groups is 1. The van der Waals surface area contributed by atoms with E-state index in [9.17, 15) is 9.59 Å². The number of carbonyl (C=O) groups excluding carboxylic acids is 1. The highest BCUT2D eigenvalue weighted by atomic mass is 16.5. The monoisotopic (exact) mass is 388 g/mol. The number of ether oxygens (including phenoxy) is 1. The molecule has 6 heteroatoms. The van der Waals surface area contributed by atoms with Crippen molar-refractivity contribution in [2.45, 2.75) is 20.3 Å². The van der Waals surface area contributed by atoms with E-state index in [2.05, 4.69) is 11.9 Å². The molecule has 2 aromatic heterocycles. The van der Waals surface area contributed by atoms with Crippen LogP contribution >= 0.6 is 0 Å². The van der Waals surface area contributed by atoms with Gasteiger partial charge in [-0.2, -0.15) is 0 Å². The summed E-state index contributed by atoms with van der Waals surface area (Å²) in [5.74, 6) is -0.690. The molecular weight excluding hydrogens is 368 g/mol. The van der Waals surface area contributed by atoms with Gasteiger partial charge in [-0.1, -0.05) is 43.3 Å². The zero-order valence-electron chi connectivity index (χ0n) is 16.2. The minimum atomic E-state index is -0.690. The summed E-state index contributed by atoms with van der Waals surface area (Å²) in [5.41, 5.74) is 2.24. The van der Waals surface area contributed by atoms with Gasteiger partial charge in [0.25, 0.3) is 5.56 Å². The molecule has 146 valence electrons. The number of aromatic nitrogens is 1. The molecule has 0 aliphatic heterocycles. The maximum Gasteiger partial charge on any atom is 0.344 e. The van der Waals surface area contributed by atoms with Crippen LogP contribution in [0.3, 0.4) is 0 Å². The van der Waals surface area contributed by atoms with Gasteiger partial charge in [0.2, 0.25) is 5.55 Å². The number of nitrogens with one attached hydrogen (secondary N) is 2. The highest BCUT2D eigenvalue weighted by Crippen LogP contribution is 2.32. The lowest BCUT2D eigenvalue weighted by molar-refractivity contribution is 0.0522. The molecule has 0 spiro atoms. The van der Waals surface area contributed by atoms with Gasteiger partial charge in [0.05, 0.1) is 17.5 Å². The lowest BCUT2D eigenvalue weighted by Gasteiger charge is -2.13. The second-order valence-electron chi connectivity index (χ2n) is 6.66. The van der Waals surface area contributed by atoms with Gasteiger partial charge in [0, 0.05) is 10.9 Å². The molecule has 0 amide bonds. The summed E-state index contributed by atoms with van der Waals surface area (Å²) in [4.78, 5) is 28.6. The van der Waals surface area contributed by atoms with E-state index < -0.39 is 5.97 Å². The molecule has 0 aliphatic carbocycles. The van der Waals surface area contributed by atoms with Crippen molar-refractivity contribution in [2.24, 2.45) is 0 Å². The minimum absolute atomic E-state index is 0.0515. The molecule has 0 radical (unpaired) electrons. The van der Waals surface area contributed by atoms with E-state index in [0.717, 1.165) is 12.0 Å². The predicted molar refractivity (Wildman–Crippen MR) is 111 cm³/mol. The summed E-state index contributed by atoms with van der Waals surface area (Å²) in [5, 5.41) is 9.29. The SMILES string of the molecule is CCOC(=O)c1c(-c2ccc(CC)cc2)c2c(=O)[nH]c3ccccc3c2oc1=N. The smallest absolute Gasteiger partial charge is 0.344 e. The molecule has 2 N–H and O–H groups in total. The average molecular weight is 388 g/mol. The van der Waals surface area contributed by atoms with Crippen molar-refractivity contribution in [1.29, 1.82) is 5.41 Å². The van der Waals surface area contributed by atoms with Gasteiger partial charge < -0.3 is 14.1 Å². The number of rotatable bonds is 4. The summed E-state index contributed by atoms with van der Waals surface area (Å²) >= 11 is 0. The van der Waals surface area contributed by atoms with Crippen LogP contribution in [0.1, 0.15) is 29.8 Å². The van der Waals surface area contributed by atoms with Crippen LogP contribution in [0.15, 0.2) is 57.7 Å². The molecule has 2 heterocycles. The molecular formula is C23H20N2O4. The molecule has 0 bridgehead atoms. The van der Waals surface area contributed by atoms with E-state index in [4.69, 9.17) is 14.6 Å². The lowest BCUT2D eigenvalue weighted by Crippen LogP contribution is -2.21. The van der Waals surface area contributed by atoms with Crippen LogP contribution in [0, 0.1) is 5.41 Å². The van der Waals surface area contributed by atoms with E-state index in [-0.39, 0.29) is 34.3 Å². The first-order valence-corrected chi connectivity index (χ1v) is 9.48. The standard InChI is InChI=1S/C23H20N2O4/c1-3-13-9-11-14(12-10-13)17-18-20(29-21(24)19(17)23(27)28-4-2)15-7-5-6-8-16(15)25-22(18)26/h5-12,24H,3-4H2,1-2H3,(H,25,26). The Balaban J connectivity index is 2.20. The van der Waals surface area contributed by atoms with Crippen LogP contribution in [-0.4, -0.2) is 17.6 Å². The normalized spacial score (nSPS) is 11.1.